The van der Waals surface area contributed by atoms with E-state index in [2.05, 4.69) is 91.7 Å². The van der Waals surface area contributed by atoms with Crippen LogP contribution >= 0.6 is 0 Å². The molecular formula is C48H46N6O4. The number of pyridine rings is 2. The molecule has 0 atom stereocenters. The van der Waals surface area contributed by atoms with Gasteiger partial charge >= 0.3 is 11.9 Å². The highest BCUT2D eigenvalue weighted by molar-refractivity contribution is 6.14. The summed E-state index contributed by atoms with van der Waals surface area (Å²) in [5.41, 5.74) is 8.53. The first-order valence-electron chi connectivity index (χ1n) is 20.1. The second kappa shape index (κ2) is 16.2. The Morgan fingerprint density at radius 1 is 0.500 bits per heavy atom. The summed E-state index contributed by atoms with van der Waals surface area (Å²) in [6, 6.07) is 40.8. The Hall–Kier alpha value is -6.36. The van der Waals surface area contributed by atoms with E-state index in [1.165, 1.54) is 14.2 Å². The predicted molar refractivity (Wildman–Crippen MR) is 230 cm³/mol. The monoisotopic (exact) mass is 770 g/mol. The lowest BCUT2D eigenvalue weighted by molar-refractivity contribution is 0.0585. The van der Waals surface area contributed by atoms with Gasteiger partial charge in [0.1, 0.15) is 11.4 Å². The molecule has 0 bridgehead atoms. The molecule has 58 heavy (non-hydrogen) atoms. The fourth-order valence-electron chi connectivity index (χ4n) is 8.77. The molecule has 0 spiro atoms. The van der Waals surface area contributed by atoms with Crippen molar-refractivity contribution in [1.82, 2.24) is 28.9 Å². The number of para-hydroxylation sites is 2. The first-order valence-corrected chi connectivity index (χ1v) is 20.1. The maximum atomic E-state index is 12.7. The van der Waals surface area contributed by atoms with Gasteiger partial charge in [-0.2, -0.15) is 0 Å². The zero-order valence-electron chi connectivity index (χ0n) is 32.9. The summed E-state index contributed by atoms with van der Waals surface area (Å²) in [4.78, 5) is 40.4. The number of carbonyl (C=O) groups excluding carboxylic acids is 2. The minimum atomic E-state index is -0.438. The summed E-state index contributed by atoms with van der Waals surface area (Å²) in [6.45, 7) is 7.79. The highest BCUT2D eigenvalue weighted by Gasteiger charge is 2.23. The van der Waals surface area contributed by atoms with Crippen LogP contribution in [0.15, 0.2) is 121 Å². The topological polar surface area (TPSA) is 94.7 Å². The van der Waals surface area contributed by atoms with Gasteiger partial charge in [0.15, 0.2) is 0 Å². The van der Waals surface area contributed by atoms with Gasteiger partial charge in [-0.15, -0.1) is 0 Å². The molecule has 1 aliphatic rings. The summed E-state index contributed by atoms with van der Waals surface area (Å²) in [5.74, 6) is -0.876. The number of methoxy groups -OCH3 is 2. The van der Waals surface area contributed by atoms with E-state index in [0.29, 0.717) is 11.4 Å². The van der Waals surface area contributed by atoms with Crippen LogP contribution in [0.25, 0.3) is 66.1 Å². The Bertz CT molecular complexity index is 2580. The number of fused-ring (bicyclic) bond motifs is 6. The van der Waals surface area contributed by atoms with Gasteiger partial charge in [0, 0.05) is 83.0 Å². The van der Waals surface area contributed by atoms with Gasteiger partial charge in [0.25, 0.3) is 0 Å². The van der Waals surface area contributed by atoms with Gasteiger partial charge in [-0.05, 0) is 50.2 Å². The van der Waals surface area contributed by atoms with Crippen molar-refractivity contribution >= 4 is 55.6 Å². The summed E-state index contributed by atoms with van der Waals surface area (Å²) in [7, 11) is 2.80. The first kappa shape index (κ1) is 37.2. The molecule has 9 rings (SSSR count). The fraction of sp³-hybridized carbons (Fsp3) is 0.250. The van der Waals surface area contributed by atoms with Crippen molar-refractivity contribution in [2.75, 3.05) is 53.5 Å². The minimum absolute atomic E-state index is 0.313. The van der Waals surface area contributed by atoms with E-state index in [0.717, 1.165) is 131 Å². The SMILES string of the molecule is COC(=O)c1cc2c3ccccc3n(CCCN3CCN(CCCn4c5ccccc5c5cc(C(=O)OC)nc(-c6ccccc6)c54)CC3)c2c(-c2ccccc2)n1. The number of piperazine rings is 1. The molecule has 1 fully saturated rings. The molecule has 0 radical (unpaired) electrons. The Balaban J connectivity index is 0.888. The van der Waals surface area contributed by atoms with Gasteiger partial charge in [-0.3, -0.25) is 0 Å². The Labute approximate surface area is 337 Å². The number of hydrogen-bond acceptors (Lipinski definition) is 8. The van der Waals surface area contributed by atoms with Gasteiger partial charge in [0.05, 0.1) is 36.6 Å². The van der Waals surface area contributed by atoms with Crippen LogP contribution in [0.3, 0.4) is 0 Å². The van der Waals surface area contributed by atoms with Crippen molar-refractivity contribution in [1.29, 1.82) is 0 Å². The average Bonchev–Trinajstić information content (AvgIpc) is 3.78. The molecule has 10 nitrogen and oxygen atoms in total. The number of aromatic nitrogens is 4. The van der Waals surface area contributed by atoms with Crippen molar-refractivity contribution in [2.45, 2.75) is 25.9 Å². The molecule has 0 amide bonds. The van der Waals surface area contributed by atoms with Crippen molar-refractivity contribution in [3.8, 4) is 22.5 Å². The molecule has 0 unspecified atom stereocenters. The number of esters is 2. The highest BCUT2D eigenvalue weighted by atomic mass is 16.5. The van der Waals surface area contributed by atoms with Gasteiger partial charge in [0.2, 0.25) is 0 Å². The second-order valence-electron chi connectivity index (χ2n) is 14.9. The molecule has 4 aromatic heterocycles. The lowest BCUT2D eigenvalue weighted by atomic mass is 10.1. The van der Waals surface area contributed by atoms with Gasteiger partial charge in [-0.25, -0.2) is 19.6 Å². The van der Waals surface area contributed by atoms with Crippen LogP contribution in [-0.4, -0.2) is 94.3 Å². The van der Waals surface area contributed by atoms with Crippen LogP contribution in [0.1, 0.15) is 33.8 Å². The Morgan fingerprint density at radius 3 is 1.28 bits per heavy atom. The number of benzene rings is 4. The molecule has 0 aliphatic carbocycles. The summed E-state index contributed by atoms with van der Waals surface area (Å²) < 4.78 is 15.0. The average molecular weight is 771 g/mol. The zero-order valence-corrected chi connectivity index (χ0v) is 32.9. The highest BCUT2D eigenvalue weighted by Crippen LogP contribution is 2.37. The van der Waals surface area contributed by atoms with E-state index in [4.69, 9.17) is 19.4 Å². The van der Waals surface area contributed by atoms with E-state index in [1.54, 1.807) is 0 Å². The number of rotatable bonds is 12. The largest absolute Gasteiger partial charge is 0.464 e. The molecule has 4 aromatic carbocycles. The third-order valence-corrected chi connectivity index (χ3v) is 11.6. The molecule has 5 heterocycles. The van der Waals surface area contributed by atoms with Crippen LogP contribution < -0.4 is 0 Å². The normalized spacial score (nSPS) is 13.8. The Morgan fingerprint density at radius 2 is 0.879 bits per heavy atom. The quantitative estimate of drug-likeness (QED) is 0.114. The smallest absolute Gasteiger partial charge is 0.356 e. The molecule has 0 N–H and O–H groups in total. The molecule has 10 heteroatoms. The van der Waals surface area contributed by atoms with Crippen LogP contribution in [-0.2, 0) is 22.6 Å². The van der Waals surface area contributed by atoms with Gasteiger partial charge in [-0.1, -0.05) is 97.1 Å². The van der Waals surface area contributed by atoms with Crippen LogP contribution in [0.4, 0.5) is 0 Å². The standard InChI is InChI=1S/C48H46N6O4/c1-57-47(55)39-31-37-35-19-9-11-21-41(35)53(45(37)43(49-39)33-15-5-3-6-16-33)25-13-23-51-27-29-52(30-28-51)24-14-26-54-42-22-12-10-20-36(42)38-32-40(48(56)58-2)50-44(46(38)54)34-17-7-4-8-18-34/h3-12,15-22,31-32H,13-14,23-30H2,1-2H3. The summed E-state index contributed by atoms with van der Waals surface area (Å²) in [6.07, 6.45) is 1.98. The lowest BCUT2D eigenvalue weighted by Gasteiger charge is -2.34. The van der Waals surface area contributed by atoms with Crippen LogP contribution in [0, 0.1) is 0 Å². The third-order valence-electron chi connectivity index (χ3n) is 11.6. The van der Waals surface area contributed by atoms with E-state index in [-0.39, 0.29) is 0 Å². The van der Waals surface area contributed by atoms with E-state index in [1.807, 2.05) is 48.5 Å². The second-order valence-corrected chi connectivity index (χ2v) is 14.9. The maximum Gasteiger partial charge on any atom is 0.356 e. The number of carbonyl (C=O) groups is 2. The summed E-state index contributed by atoms with van der Waals surface area (Å²) in [5, 5.41) is 4.24. The lowest BCUT2D eigenvalue weighted by Crippen LogP contribution is -2.47. The number of nitrogens with zero attached hydrogens (tertiary/aromatic N) is 6. The van der Waals surface area contributed by atoms with Crippen molar-refractivity contribution in [3.05, 3.63) is 133 Å². The van der Waals surface area contributed by atoms with Gasteiger partial charge < -0.3 is 28.4 Å². The predicted octanol–water partition coefficient (Wildman–Crippen LogP) is 8.70. The molecule has 1 aliphatic heterocycles. The van der Waals surface area contributed by atoms with Crippen molar-refractivity contribution < 1.29 is 19.1 Å². The van der Waals surface area contributed by atoms with Crippen LogP contribution in [0.2, 0.25) is 0 Å². The minimum Gasteiger partial charge on any atom is -0.464 e. The third kappa shape index (κ3) is 6.99. The first-order chi connectivity index (χ1) is 28.5. The molecule has 0 saturated carbocycles. The van der Waals surface area contributed by atoms with Crippen LogP contribution in [0.5, 0.6) is 0 Å². The van der Waals surface area contributed by atoms with E-state index in [9.17, 15) is 9.59 Å². The van der Waals surface area contributed by atoms with Crippen molar-refractivity contribution in [3.63, 3.8) is 0 Å². The maximum absolute atomic E-state index is 12.7. The Kier molecular flexibility index (Phi) is 10.4. The fourth-order valence-corrected chi connectivity index (χ4v) is 8.77. The summed E-state index contributed by atoms with van der Waals surface area (Å²) >= 11 is 0. The molecule has 8 aromatic rings. The van der Waals surface area contributed by atoms with Crippen molar-refractivity contribution in [2.24, 2.45) is 0 Å². The molecule has 292 valence electrons. The number of hydrogen-bond donors (Lipinski definition) is 0. The number of ether oxygens (including phenoxy) is 2. The zero-order chi connectivity index (χ0) is 39.6. The molecule has 1 saturated heterocycles. The van der Waals surface area contributed by atoms with E-state index >= 15 is 0 Å². The molecular weight excluding hydrogens is 725 g/mol. The number of aryl methyl sites for hydroxylation is 2. The van der Waals surface area contributed by atoms with E-state index < -0.39 is 11.9 Å².